The monoisotopic (exact) mass is 466 g/mol. The van der Waals surface area contributed by atoms with Crippen molar-refractivity contribution >= 4 is 45.2 Å². The maximum absolute atomic E-state index is 2.51. The molecule has 1 atom stereocenters. The van der Waals surface area contributed by atoms with E-state index < -0.39 is 0 Å². The van der Waals surface area contributed by atoms with E-state index in [1.165, 1.54) is 20.0 Å². The van der Waals surface area contributed by atoms with E-state index in [0.717, 1.165) is 12.3 Å². The molecule has 0 fully saturated rings. The summed E-state index contributed by atoms with van der Waals surface area (Å²) in [6, 6.07) is 6.95. The zero-order valence-corrected chi connectivity index (χ0v) is 15.6. The summed E-state index contributed by atoms with van der Waals surface area (Å²) in [7, 11) is 0. The van der Waals surface area contributed by atoms with Gasteiger partial charge in [-0.15, -0.1) is 0 Å². The van der Waals surface area contributed by atoms with Crippen molar-refractivity contribution in [2.75, 3.05) is 0 Å². The van der Waals surface area contributed by atoms with Gasteiger partial charge in [-0.05, 0) is 103 Å². The van der Waals surface area contributed by atoms with Gasteiger partial charge in [-0.2, -0.15) is 0 Å². The van der Waals surface area contributed by atoms with Crippen LogP contribution in [0.3, 0.4) is 0 Å². The predicted molar refractivity (Wildman–Crippen MR) is 96.4 cm³/mol. The lowest BCUT2D eigenvalue weighted by Gasteiger charge is -2.28. The molecule has 1 aromatic carbocycles. The van der Waals surface area contributed by atoms with Gasteiger partial charge in [0.05, 0.1) is 0 Å². The van der Waals surface area contributed by atoms with E-state index in [9.17, 15) is 0 Å². The van der Waals surface area contributed by atoms with Crippen molar-refractivity contribution in [3.05, 3.63) is 42.6 Å². The van der Waals surface area contributed by atoms with Gasteiger partial charge in [-0.1, -0.05) is 32.9 Å². The van der Waals surface area contributed by atoms with E-state index in [2.05, 4.69) is 90.2 Å². The van der Waals surface area contributed by atoms with Gasteiger partial charge in [0.15, 0.2) is 0 Å². The zero-order chi connectivity index (χ0) is 13.3. The number of rotatable bonds is 3. The van der Waals surface area contributed by atoms with Crippen LogP contribution in [0.2, 0.25) is 0 Å². The van der Waals surface area contributed by atoms with Crippen molar-refractivity contribution < 1.29 is 0 Å². The molecule has 0 unspecified atom stereocenters. The third kappa shape index (κ3) is 2.94. The Kier molecular flexibility index (Phi) is 4.79. The smallest absolute Gasteiger partial charge is 0.0133 e. The highest BCUT2D eigenvalue weighted by Crippen LogP contribution is 2.46. The molecule has 0 saturated heterocycles. The Balaban J connectivity index is 2.26. The minimum absolute atomic E-state index is 0.314. The normalized spacial score (nSPS) is 22.1. The second-order valence-corrected chi connectivity index (χ2v) is 8.32. The second kappa shape index (κ2) is 5.81. The number of halogens is 2. The van der Waals surface area contributed by atoms with E-state index >= 15 is 0 Å². The van der Waals surface area contributed by atoms with Gasteiger partial charge in [0, 0.05) is 3.57 Å². The zero-order valence-electron chi connectivity index (χ0n) is 11.3. The van der Waals surface area contributed by atoms with Crippen LogP contribution in [0.5, 0.6) is 0 Å². The van der Waals surface area contributed by atoms with Crippen molar-refractivity contribution in [1.29, 1.82) is 0 Å². The molecular formula is C16H20I2. The van der Waals surface area contributed by atoms with Gasteiger partial charge >= 0.3 is 0 Å². The van der Waals surface area contributed by atoms with Crippen LogP contribution in [0.25, 0.3) is 0 Å². The first-order valence-electron chi connectivity index (χ1n) is 6.58. The van der Waals surface area contributed by atoms with Crippen LogP contribution in [-0.2, 0) is 11.8 Å². The molecule has 0 saturated carbocycles. The van der Waals surface area contributed by atoms with Gasteiger partial charge < -0.3 is 0 Å². The van der Waals surface area contributed by atoms with Crippen molar-refractivity contribution in [3.8, 4) is 0 Å². The quantitative estimate of drug-likeness (QED) is 0.490. The number of fused-ring (bicyclic) bond motifs is 1. The van der Waals surface area contributed by atoms with Crippen LogP contribution >= 0.6 is 45.2 Å². The Labute approximate surface area is 138 Å². The lowest BCUT2D eigenvalue weighted by atomic mass is 9.77. The SMILES string of the molecule is CC/C=C(/I)C[C@@H]1Cc2ccc(I)cc2C1(C)C. The summed E-state index contributed by atoms with van der Waals surface area (Å²) in [5, 5.41) is 0. The minimum atomic E-state index is 0.314. The fourth-order valence-electron chi connectivity index (χ4n) is 2.93. The molecule has 0 radical (unpaired) electrons. The summed E-state index contributed by atoms with van der Waals surface area (Å²) >= 11 is 4.94. The van der Waals surface area contributed by atoms with Gasteiger partial charge in [0.1, 0.15) is 0 Å². The minimum Gasteiger partial charge on any atom is -0.0755 e. The van der Waals surface area contributed by atoms with E-state index in [4.69, 9.17) is 0 Å². The molecule has 98 valence electrons. The number of benzene rings is 1. The summed E-state index contributed by atoms with van der Waals surface area (Å²) in [5.41, 5.74) is 3.44. The summed E-state index contributed by atoms with van der Waals surface area (Å²) in [4.78, 5) is 0. The van der Waals surface area contributed by atoms with Crippen LogP contribution in [0, 0.1) is 9.49 Å². The largest absolute Gasteiger partial charge is 0.0755 e. The van der Waals surface area contributed by atoms with E-state index in [0.29, 0.717) is 5.41 Å². The van der Waals surface area contributed by atoms with Crippen molar-refractivity contribution in [2.45, 2.75) is 45.4 Å². The number of allylic oxidation sites excluding steroid dienone is 2. The Morgan fingerprint density at radius 2 is 2.17 bits per heavy atom. The molecule has 0 amide bonds. The van der Waals surface area contributed by atoms with E-state index in [-0.39, 0.29) is 0 Å². The van der Waals surface area contributed by atoms with Gasteiger partial charge in [0.25, 0.3) is 0 Å². The second-order valence-electron chi connectivity index (χ2n) is 5.69. The Hall–Kier alpha value is 0.420. The summed E-state index contributed by atoms with van der Waals surface area (Å²) in [6.45, 7) is 7.04. The van der Waals surface area contributed by atoms with Gasteiger partial charge in [-0.3, -0.25) is 0 Å². The number of hydrogen-bond donors (Lipinski definition) is 0. The molecule has 1 aliphatic rings. The van der Waals surface area contributed by atoms with Crippen LogP contribution in [0.4, 0.5) is 0 Å². The Bertz CT molecular complexity index is 472. The molecule has 0 N–H and O–H groups in total. The molecule has 2 rings (SSSR count). The molecular weight excluding hydrogens is 446 g/mol. The summed E-state index contributed by atoms with van der Waals surface area (Å²) in [6.07, 6.45) is 5.98. The van der Waals surface area contributed by atoms with Gasteiger partial charge in [0.2, 0.25) is 0 Å². The highest BCUT2D eigenvalue weighted by atomic mass is 127. The van der Waals surface area contributed by atoms with Gasteiger partial charge in [-0.25, -0.2) is 0 Å². The van der Waals surface area contributed by atoms with Crippen LogP contribution < -0.4 is 0 Å². The first-order chi connectivity index (χ1) is 8.45. The van der Waals surface area contributed by atoms with Crippen LogP contribution in [0.15, 0.2) is 27.9 Å². The fourth-order valence-corrected chi connectivity index (χ4v) is 4.40. The molecule has 0 nitrogen and oxygen atoms in total. The van der Waals surface area contributed by atoms with E-state index in [1.54, 1.807) is 11.1 Å². The average molecular weight is 466 g/mol. The Morgan fingerprint density at radius 3 is 2.83 bits per heavy atom. The lowest BCUT2D eigenvalue weighted by molar-refractivity contribution is 0.351. The van der Waals surface area contributed by atoms with Crippen LogP contribution in [0.1, 0.15) is 44.7 Å². The fraction of sp³-hybridized carbons (Fsp3) is 0.500. The van der Waals surface area contributed by atoms with Crippen molar-refractivity contribution in [2.24, 2.45) is 5.92 Å². The molecule has 1 aromatic rings. The highest BCUT2D eigenvalue weighted by Gasteiger charge is 2.39. The summed E-state index contributed by atoms with van der Waals surface area (Å²) < 4.78 is 2.88. The summed E-state index contributed by atoms with van der Waals surface area (Å²) in [5.74, 6) is 0.750. The third-order valence-electron chi connectivity index (χ3n) is 4.12. The maximum Gasteiger partial charge on any atom is 0.0133 e. The lowest BCUT2D eigenvalue weighted by Crippen LogP contribution is -2.24. The highest BCUT2D eigenvalue weighted by molar-refractivity contribution is 14.1. The molecule has 1 aliphatic carbocycles. The predicted octanol–water partition coefficient (Wildman–Crippen LogP) is 5.86. The average Bonchev–Trinajstić information content (AvgIpc) is 2.52. The van der Waals surface area contributed by atoms with E-state index in [1.807, 2.05) is 0 Å². The molecule has 18 heavy (non-hydrogen) atoms. The number of hydrogen-bond acceptors (Lipinski definition) is 0. The first-order valence-corrected chi connectivity index (χ1v) is 8.74. The Morgan fingerprint density at radius 1 is 1.44 bits per heavy atom. The molecule has 0 bridgehead atoms. The molecule has 2 heteroatoms. The third-order valence-corrected chi connectivity index (χ3v) is 5.67. The molecule has 0 aromatic heterocycles. The standard InChI is InChI=1S/C16H20I2/c1-4-5-13(17)9-12-8-11-6-7-14(18)10-15(11)16(12,2)3/h5-7,10,12H,4,8-9H2,1-3H3/b13-5+/t12-/m0/s1. The first kappa shape index (κ1) is 14.8. The molecule has 0 spiro atoms. The topological polar surface area (TPSA) is 0 Å². The molecule has 0 heterocycles. The maximum atomic E-state index is 2.51. The van der Waals surface area contributed by atoms with Crippen molar-refractivity contribution in [3.63, 3.8) is 0 Å². The molecule has 0 aliphatic heterocycles. The van der Waals surface area contributed by atoms with Crippen LogP contribution in [-0.4, -0.2) is 0 Å². The van der Waals surface area contributed by atoms with Crippen molar-refractivity contribution in [1.82, 2.24) is 0 Å².